The van der Waals surface area contributed by atoms with Crippen molar-refractivity contribution in [3.8, 4) is 0 Å². The van der Waals surface area contributed by atoms with Gasteiger partial charge in [0.2, 0.25) is 45.0 Å². The molecule has 0 fully saturated rings. The molecule has 10 heavy (non-hydrogen) atoms. The van der Waals surface area contributed by atoms with Crippen molar-refractivity contribution in [3.63, 3.8) is 0 Å². The van der Waals surface area contributed by atoms with Gasteiger partial charge in [0.25, 0.3) is 0 Å². The van der Waals surface area contributed by atoms with Gasteiger partial charge >= 0.3 is 13.0 Å². The molecule has 0 rings (SSSR count). The molecule has 0 aromatic carbocycles. The smallest absolute Gasteiger partial charge is 0.0683 e. The van der Waals surface area contributed by atoms with Gasteiger partial charge in [0.15, 0.2) is 0 Å². The number of halogens is 4. The molecule has 0 bridgehead atoms. The molecular weight excluding hydrogens is 260 g/mol. The van der Waals surface area contributed by atoms with E-state index in [1.807, 2.05) is 13.8 Å². The first-order valence-corrected chi connectivity index (χ1v) is 8.18. The van der Waals surface area contributed by atoms with Crippen molar-refractivity contribution in [1.29, 1.82) is 0 Å². The van der Waals surface area contributed by atoms with Crippen LogP contribution in [-0.4, -0.2) is 0 Å². The van der Waals surface area contributed by atoms with Crippen LogP contribution in [-0.2, 0) is 9.13 Å². The van der Waals surface area contributed by atoms with Gasteiger partial charge in [0, 0.05) is 0 Å². The van der Waals surface area contributed by atoms with Gasteiger partial charge in [0.1, 0.15) is 0 Å². The maximum Gasteiger partial charge on any atom is 0.575 e. The number of hydrogen-bond donors (Lipinski definition) is 0. The predicted molar refractivity (Wildman–Crippen MR) is 50.0 cm³/mol. The molecule has 0 spiro atoms. The van der Waals surface area contributed by atoms with Crippen LogP contribution in [0.25, 0.3) is 0 Å². The third-order valence-electron chi connectivity index (χ3n) is 0. The van der Waals surface area contributed by atoms with Crippen molar-refractivity contribution in [2.45, 2.75) is 13.8 Å². The molecule has 0 saturated carbocycles. The van der Waals surface area contributed by atoms with E-state index < -0.39 is 13.0 Å². The summed E-state index contributed by atoms with van der Waals surface area (Å²) < 4.78 is 18.2. The van der Waals surface area contributed by atoms with E-state index in [9.17, 15) is 0 Å². The molecule has 0 amide bonds. The van der Waals surface area contributed by atoms with Gasteiger partial charge in [-0.05, 0) is 9.13 Å². The van der Waals surface area contributed by atoms with E-state index in [0.717, 1.165) is 0 Å². The normalized spacial score (nSPS) is 5.80. The molecule has 0 heterocycles. The highest BCUT2D eigenvalue weighted by molar-refractivity contribution is 7.95. The molecule has 0 aromatic heterocycles. The second kappa shape index (κ2) is 16.8. The lowest BCUT2D eigenvalue weighted by atomic mass is 11.0. The Kier molecular flexibility index (Phi) is 29.2. The molecule has 0 aromatic rings. The largest absolute Gasteiger partial charge is 0.575 e. The van der Waals surface area contributed by atoms with Crippen LogP contribution in [0.5, 0.6) is 0 Å². The quantitative estimate of drug-likeness (QED) is 0.559. The maximum absolute atomic E-state index is 9.12. The van der Waals surface area contributed by atoms with Gasteiger partial charge in [-0.2, -0.15) is 0 Å². The van der Waals surface area contributed by atoms with Crippen LogP contribution in [0.2, 0.25) is 0 Å². The van der Waals surface area contributed by atoms with Crippen LogP contribution in [0.4, 0.5) is 0 Å². The minimum Gasteiger partial charge on any atom is -0.0683 e. The average Bonchev–Trinajstić information content (AvgIpc) is 1.66. The maximum atomic E-state index is 9.12. The topological polar surface area (TPSA) is 34.1 Å². The second-order valence-electron chi connectivity index (χ2n) is 0.404. The first-order valence-electron chi connectivity index (χ1n) is 2.04. The Bertz CT molecular complexity index is 77.3. The van der Waals surface area contributed by atoms with Gasteiger partial charge in [-0.25, -0.2) is 0 Å². The highest BCUT2D eigenvalue weighted by Gasteiger charge is 1.98. The zero-order valence-electron chi connectivity index (χ0n) is 5.22. The highest BCUT2D eigenvalue weighted by Crippen LogP contribution is 2.31. The molecule has 0 atom stereocenters. The Morgan fingerprint density at radius 2 is 0.800 bits per heavy atom. The number of rotatable bonds is 0. The lowest BCUT2D eigenvalue weighted by Gasteiger charge is -1.22. The summed E-state index contributed by atoms with van der Waals surface area (Å²) in [5, 5.41) is 0. The van der Waals surface area contributed by atoms with Crippen molar-refractivity contribution in [2.75, 3.05) is 0 Å². The first-order chi connectivity index (χ1) is 4.46. The third kappa shape index (κ3) is 354. The standard InChI is InChI=1S/C2H6.2Cl2OP/c1-2;2*1-4(2)3/h1-2H3;;/q;2*+1. The minimum absolute atomic E-state index is 1.93. The zero-order chi connectivity index (χ0) is 9.15. The van der Waals surface area contributed by atoms with E-state index in [1.54, 1.807) is 0 Å². The highest BCUT2D eigenvalue weighted by atomic mass is 35.9. The summed E-state index contributed by atoms with van der Waals surface area (Å²) in [6.45, 7) is 0.148. The molecule has 8 heteroatoms. The van der Waals surface area contributed by atoms with Gasteiger partial charge in [0.05, 0.1) is 0 Å². The Balaban J connectivity index is -0.0000000787. The van der Waals surface area contributed by atoms with Crippen molar-refractivity contribution in [2.24, 2.45) is 0 Å². The van der Waals surface area contributed by atoms with Crippen molar-refractivity contribution >= 4 is 58.0 Å². The fourth-order valence-electron chi connectivity index (χ4n) is 0. The Morgan fingerprint density at radius 1 is 0.800 bits per heavy atom. The van der Waals surface area contributed by atoms with Crippen LogP contribution < -0.4 is 0 Å². The SMILES string of the molecule is CC.O=[P+](Cl)Cl.O=[P+](Cl)Cl. The molecule has 0 N–H and O–H groups in total. The van der Waals surface area contributed by atoms with E-state index in [2.05, 4.69) is 45.0 Å². The van der Waals surface area contributed by atoms with E-state index in [4.69, 9.17) is 9.13 Å². The zero-order valence-corrected chi connectivity index (χ0v) is 10.0. The molecule has 0 saturated heterocycles. The Labute approximate surface area is 80.9 Å². The summed E-state index contributed by atoms with van der Waals surface area (Å²) in [4.78, 5) is 0. The molecule has 0 aliphatic rings. The lowest BCUT2D eigenvalue weighted by Crippen LogP contribution is -0.953. The third-order valence-corrected chi connectivity index (χ3v) is 0. The molecular formula is C2H6Cl4O2P2+2. The van der Waals surface area contributed by atoms with Crippen molar-refractivity contribution < 1.29 is 9.13 Å². The molecule has 2 nitrogen and oxygen atoms in total. The van der Waals surface area contributed by atoms with Crippen LogP contribution in [0.3, 0.4) is 0 Å². The molecule has 62 valence electrons. The predicted octanol–water partition coefficient (Wildman–Crippen LogP) is 5.27. The fraction of sp³-hybridized carbons (Fsp3) is 1.00. The Morgan fingerprint density at radius 3 is 0.800 bits per heavy atom. The van der Waals surface area contributed by atoms with Crippen LogP contribution in [0, 0.1) is 0 Å². The average molecular weight is 266 g/mol. The minimum atomic E-state index is -1.93. The van der Waals surface area contributed by atoms with E-state index in [1.165, 1.54) is 0 Å². The fourth-order valence-corrected chi connectivity index (χ4v) is 0. The number of hydrogen-bond acceptors (Lipinski definition) is 2. The van der Waals surface area contributed by atoms with Gasteiger partial charge < -0.3 is 0 Å². The van der Waals surface area contributed by atoms with Gasteiger partial charge in [-0.15, -0.1) is 0 Å². The molecule has 0 aliphatic heterocycles. The van der Waals surface area contributed by atoms with Crippen molar-refractivity contribution in [3.05, 3.63) is 0 Å². The van der Waals surface area contributed by atoms with Crippen LogP contribution >= 0.6 is 58.0 Å². The van der Waals surface area contributed by atoms with Crippen LogP contribution in [0.1, 0.15) is 13.8 Å². The first kappa shape index (κ1) is 17.4. The van der Waals surface area contributed by atoms with Crippen molar-refractivity contribution in [1.82, 2.24) is 0 Å². The van der Waals surface area contributed by atoms with E-state index in [0.29, 0.717) is 0 Å². The molecule has 0 radical (unpaired) electrons. The monoisotopic (exact) mass is 264 g/mol. The summed E-state index contributed by atoms with van der Waals surface area (Å²) in [7, 11) is 0. The van der Waals surface area contributed by atoms with Gasteiger partial charge in [-0.3, -0.25) is 0 Å². The molecule has 0 unspecified atom stereocenters. The van der Waals surface area contributed by atoms with Crippen LogP contribution in [0.15, 0.2) is 0 Å². The summed E-state index contributed by atoms with van der Waals surface area (Å²) in [5.74, 6) is 0. The summed E-state index contributed by atoms with van der Waals surface area (Å²) in [6.07, 6.45) is 0. The van der Waals surface area contributed by atoms with Gasteiger partial charge in [-0.1, -0.05) is 13.8 Å². The summed E-state index contributed by atoms with van der Waals surface area (Å²) >= 11 is 18.2. The molecule has 0 aliphatic carbocycles. The van der Waals surface area contributed by atoms with E-state index >= 15 is 0 Å². The Hall–Kier alpha value is 1.36. The van der Waals surface area contributed by atoms with E-state index in [-0.39, 0.29) is 0 Å². The lowest BCUT2D eigenvalue weighted by molar-refractivity contribution is 0.602. The summed E-state index contributed by atoms with van der Waals surface area (Å²) in [5.41, 5.74) is 0. The second-order valence-corrected chi connectivity index (χ2v) is 5.93. The summed E-state index contributed by atoms with van der Waals surface area (Å²) in [6, 6.07) is 0.